The number of carbonyl (C=O) groups is 1. The molecule has 0 aliphatic rings. The number of methoxy groups -OCH3 is 1. The van der Waals surface area contributed by atoms with Gasteiger partial charge in [-0.15, -0.1) is 0 Å². The van der Waals surface area contributed by atoms with Gasteiger partial charge in [-0.2, -0.15) is 5.26 Å². The largest absolute Gasteiger partial charge is 0.464 e. The maximum Gasteiger partial charge on any atom is 0.357 e. The third kappa shape index (κ3) is 2.77. The van der Waals surface area contributed by atoms with Gasteiger partial charge in [-0.05, 0) is 37.3 Å². The molecule has 138 valence electrons. The number of anilines is 1. The van der Waals surface area contributed by atoms with E-state index in [0.29, 0.717) is 22.7 Å². The van der Waals surface area contributed by atoms with Crippen LogP contribution in [0.2, 0.25) is 0 Å². The highest BCUT2D eigenvalue weighted by Crippen LogP contribution is 2.29. The number of nitrogens with two attached hydrogens (primary N) is 1. The fraction of sp³-hybridized carbons (Fsp3) is 0.0952. The molecule has 4 rings (SSSR count). The minimum atomic E-state index is -0.625. The molecule has 7 nitrogen and oxygen atoms in total. The summed E-state index contributed by atoms with van der Waals surface area (Å²) in [7, 11) is 1.26. The molecule has 2 aromatic carbocycles. The number of nitriles is 1. The Labute approximate surface area is 160 Å². The van der Waals surface area contributed by atoms with Crippen LogP contribution in [0.1, 0.15) is 21.6 Å². The second-order valence-electron chi connectivity index (χ2n) is 6.32. The van der Waals surface area contributed by atoms with Crippen molar-refractivity contribution in [3.05, 3.63) is 65.5 Å². The number of nitrogen functional groups attached to an aromatic ring is 1. The van der Waals surface area contributed by atoms with Crippen molar-refractivity contribution in [3.8, 4) is 23.2 Å². The van der Waals surface area contributed by atoms with Crippen LogP contribution in [0.3, 0.4) is 0 Å². The third-order valence-corrected chi connectivity index (χ3v) is 4.49. The average Bonchev–Trinajstić information content (AvgIpc) is 3.28. The normalized spacial score (nSPS) is 10.8. The molecular formula is C21H16N4O3. The van der Waals surface area contributed by atoms with Gasteiger partial charge in [-0.3, -0.25) is 0 Å². The zero-order valence-corrected chi connectivity index (χ0v) is 15.3. The monoisotopic (exact) mass is 372 g/mol. The van der Waals surface area contributed by atoms with Crippen molar-refractivity contribution in [1.82, 2.24) is 9.55 Å². The number of aryl methyl sites for hydroxylation is 1. The van der Waals surface area contributed by atoms with Crippen molar-refractivity contribution in [3.63, 3.8) is 0 Å². The SMILES string of the molecule is COC(=O)c1c(N)c(C#N)cn1-c1ccc2oc(-c3ccc(C)cc3)nc2c1. The summed E-state index contributed by atoms with van der Waals surface area (Å²) in [5, 5.41) is 9.26. The number of nitrogens with zero attached hydrogens (tertiary/aromatic N) is 3. The van der Waals surface area contributed by atoms with E-state index in [1.54, 1.807) is 18.2 Å². The van der Waals surface area contributed by atoms with Crippen LogP contribution in [-0.2, 0) is 4.74 Å². The van der Waals surface area contributed by atoms with E-state index in [2.05, 4.69) is 4.98 Å². The molecule has 4 aromatic rings. The summed E-state index contributed by atoms with van der Waals surface area (Å²) < 4.78 is 12.2. The zero-order chi connectivity index (χ0) is 19.8. The number of carbonyl (C=O) groups excluding carboxylic acids is 1. The van der Waals surface area contributed by atoms with E-state index in [4.69, 9.17) is 14.9 Å². The molecule has 0 atom stereocenters. The Morgan fingerprint density at radius 1 is 1.25 bits per heavy atom. The van der Waals surface area contributed by atoms with E-state index in [1.165, 1.54) is 17.9 Å². The van der Waals surface area contributed by atoms with Gasteiger partial charge in [0.25, 0.3) is 0 Å². The predicted octanol–water partition coefficient (Wildman–Crippen LogP) is 3.83. The van der Waals surface area contributed by atoms with E-state index in [9.17, 15) is 10.1 Å². The first-order valence-electron chi connectivity index (χ1n) is 8.49. The fourth-order valence-corrected chi connectivity index (χ4v) is 3.00. The molecule has 0 saturated heterocycles. The van der Waals surface area contributed by atoms with E-state index >= 15 is 0 Å². The van der Waals surface area contributed by atoms with Crippen LogP contribution in [0.15, 0.2) is 53.1 Å². The second-order valence-corrected chi connectivity index (χ2v) is 6.32. The second kappa shape index (κ2) is 6.59. The Hall–Kier alpha value is -4.05. The van der Waals surface area contributed by atoms with E-state index in [1.807, 2.05) is 37.3 Å². The number of aromatic nitrogens is 2. The van der Waals surface area contributed by atoms with Gasteiger partial charge < -0.3 is 19.5 Å². The van der Waals surface area contributed by atoms with Crippen LogP contribution in [0.4, 0.5) is 5.69 Å². The van der Waals surface area contributed by atoms with Crippen molar-refractivity contribution < 1.29 is 13.9 Å². The number of fused-ring (bicyclic) bond motifs is 1. The van der Waals surface area contributed by atoms with E-state index in [0.717, 1.165) is 11.1 Å². The smallest absolute Gasteiger partial charge is 0.357 e. The molecule has 2 N–H and O–H groups in total. The number of hydrogen-bond donors (Lipinski definition) is 1. The molecule has 28 heavy (non-hydrogen) atoms. The van der Waals surface area contributed by atoms with Crippen LogP contribution in [0, 0.1) is 18.3 Å². The Morgan fingerprint density at radius 2 is 2.00 bits per heavy atom. The van der Waals surface area contributed by atoms with Gasteiger partial charge >= 0.3 is 5.97 Å². The van der Waals surface area contributed by atoms with Crippen molar-refractivity contribution in [1.29, 1.82) is 5.26 Å². The van der Waals surface area contributed by atoms with Gasteiger partial charge in [0.1, 0.15) is 11.6 Å². The summed E-state index contributed by atoms with van der Waals surface area (Å²) in [5.74, 6) is -0.121. The van der Waals surface area contributed by atoms with Crippen molar-refractivity contribution in [2.75, 3.05) is 12.8 Å². The zero-order valence-electron chi connectivity index (χ0n) is 15.3. The Morgan fingerprint density at radius 3 is 2.68 bits per heavy atom. The summed E-state index contributed by atoms with van der Waals surface area (Å²) in [6.07, 6.45) is 1.50. The lowest BCUT2D eigenvalue weighted by Crippen LogP contribution is -2.11. The van der Waals surface area contributed by atoms with Crippen molar-refractivity contribution in [2.24, 2.45) is 0 Å². The molecule has 0 aliphatic heterocycles. The number of hydrogen-bond acceptors (Lipinski definition) is 6. The molecule has 0 bridgehead atoms. The highest BCUT2D eigenvalue weighted by Gasteiger charge is 2.22. The summed E-state index contributed by atoms with van der Waals surface area (Å²) in [5.41, 5.74) is 10.2. The fourth-order valence-electron chi connectivity index (χ4n) is 3.00. The van der Waals surface area contributed by atoms with E-state index < -0.39 is 5.97 Å². The first-order chi connectivity index (χ1) is 13.5. The average molecular weight is 372 g/mol. The van der Waals surface area contributed by atoms with Crippen LogP contribution in [0.5, 0.6) is 0 Å². The third-order valence-electron chi connectivity index (χ3n) is 4.49. The molecule has 2 aromatic heterocycles. The first-order valence-corrected chi connectivity index (χ1v) is 8.49. The molecule has 0 radical (unpaired) electrons. The topological polar surface area (TPSA) is 107 Å². The van der Waals surface area contributed by atoms with Crippen LogP contribution >= 0.6 is 0 Å². The quantitative estimate of drug-likeness (QED) is 0.548. The number of oxazole rings is 1. The summed E-state index contributed by atoms with van der Waals surface area (Å²) in [6, 6.07) is 15.2. The predicted molar refractivity (Wildman–Crippen MR) is 104 cm³/mol. The standard InChI is InChI=1S/C21H16N4O3/c1-12-3-5-13(6-4-12)20-24-16-9-15(7-8-17(16)28-20)25-11-14(10-22)18(23)19(25)21(26)27-2/h3-9,11H,23H2,1-2H3. The van der Waals surface area contributed by atoms with Crippen molar-refractivity contribution >= 4 is 22.8 Å². The molecule has 0 aliphatic carbocycles. The first kappa shape index (κ1) is 17.4. The van der Waals surface area contributed by atoms with Gasteiger partial charge in [0, 0.05) is 17.4 Å². The summed E-state index contributed by atoms with van der Waals surface area (Å²) in [4.78, 5) is 16.7. The van der Waals surface area contributed by atoms with Gasteiger partial charge in [-0.25, -0.2) is 9.78 Å². The minimum absolute atomic E-state index is 0.0787. The molecule has 2 heterocycles. The lowest BCUT2D eigenvalue weighted by Gasteiger charge is -2.08. The molecular weight excluding hydrogens is 356 g/mol. The van der Waals surface area contributed by atoms with Crippen LogP contribution < -0.4 is 5.73 Å². The molecule has 0 fully saturated rings. The minimum Gasteiger partial charge on any atom is -0.464 e. The number of benzene rings is 2. The highest BCUT2D eigenvalue weighted by molar-refractivity contribution is 5.96. The summed E-state index contributed by atoms with van der Waals surface area (Å²) in [6.45, 7) is 2.01. The van der Waals surface area contributed by atoms with Crippen molar-refractivity contribution in [2.45, 2.75) is 6.92 Å². The maximum atomic E-state index is 12.2. The summed E-state index contributed by atoms with van der Waals surface area (Å²) >= 11 is 0. The molecule has 0 saturated carbocycles. The lowest BCUT2D eigenvalue weighted by atomic mass is 10.1. The molecule has 7 heteroatoms. The van der Waals surface area contributed by atoms with Crippen LogP contribution in [-0.4, -0.2) is 22.6 Å². The molecule has 0 unspecified atom stereocenters. The Balaban J connectivity index is 1.84. The van der Waals surface area contributed by atoms with E-state index in [-0.39, 0.29) is 16.9 Å². The Bertz CT molecular complexity index is 1240. The Kier molecular flexibility index (Phi) is 4.09. The number of ether oxygens (including phenoxy) is 1. The highest BCUT2D eigenvalue weighted by atomic mass is 16.5. The van der Waals surface area contributed by atoms with Gasteiger partial charge in [0.15, 0.2) is 11.3 Å². The maximum absolute atomic E-state index is 12.2. The lowest BCUT2D eigenvalue weighted by molar-refractivity contribution is 0.0593. The number of esters is 1. The molecule has 0 amide bonds. The van der Waals surface area contributed by atoms with Crippen LogP contribution in [0.25, 0.3) is 28.2 Å². The van der Waals surface area contributed by atoms with Gasteiger partial charge in [0.2, 0.25) is 5.89 Å². The number of rotatable bonds is 3. The van der Waals surface area contributed by atoms with Gasteiger partial charge in [-0.1, -0.05) is 17.7 Å². The van der Waals surface area contributed by atoms with Gasteiger partial charge in [0.05, 0.1) is 18.4 Å². The molecule has 0 spiro atoms.